The number of rotatable bonds is 8. The Labute approximate surface area is 174 Å². The van der Waals surface area contributed by atoms with Gasteiger partial charge >= 0.3 is 0 Å². The molecule has 1 heterocycles. The van der Waals surface area contributed by atoms with Crippen molar-refractivity contribution in [1.29, 1.82) is 0 Å². The van der Waals surface area contributed by atoms with Gasteiger partial charge in [-0.3, -0.25) is 0 Å². The fourth-order valence-corrected chi connectivity index (χ4v) is 3.52. The lowest BCUT2D eigenvalue weighted by molar-refractivity contribution is 0.265. The Hall–Kier alpha value is -1.19. The zero-order chi connectivity index (χ0) is 21.4. The average molecular weight is 394 g/mol. The molecular weight excluding hydrogens is 350 g/mol. The zero-order valence-corrected chi connectivity index (χ0v) is 19.6. The van der Waals surface area contributed by atoms with Crippen molar-refractivity contribution in [3.63, 3.8) is 0 Å². The summed E-state index contributed by atoms with van der Waals surface area (Å²) in [5, 5.41) is 7.00. The summed E-state index contributed by atoms with van der Waals surface area (Å²) < 4.78 is 0. The lowest BCUT2D eigenvalue weighted by Gasteiger charge is -2.37. The smallest absolute Gasteiger partial charge is 0.0442 e. The average Bonchev–Trinajstić information content (AvgIpc) is 2.81. The van der Waals surface area contributed by atoms with Crippen LogP contribution in [0.3, 0.4) is 0 Å². The Morgan fingerprint density at radius 1 is 1.11 bits per heavy atom. The summed E-state index contributed by atoms with van der Waals surface area (Å²) in [6, 6.07) is 0.516. The monoisotopic (exact) mass is 393 g/mol. The molecule has 0 saturated carbocycles. The van der Waals surface area contributed by atoms with Crippen molar-refractivity contribution >= 4 is 12.6 Å². The van der Waals surface area contributed by atoms with Gasteiger partial charge in [-0.15, -0.1) is 0 Å². The third-order valence-electron chi connectivity index (χ3n) is 4.55. The minimum atomic E-state index is 0.516. The molecule has 1 unspecified atom stereocenters. The summed E-state index contributed by atoms with van der Waals surface area (Å²) in [5.74, 6) is 0.681. The molecule has 2 nitrogen and oxygen atoms in total. The van der Waals surface area contributed by atoms with Gasteiger partial charge in [0, 0.05) is 24.5 Å². The molecule has 3 heteroatoms. The normalized spacial score (nSPS) is 15.7. The molecular formula is C24H43NOS. The third-order valence-corrected chi connectivity index (χ3v) is 4.55. The molecule has 0 saturated heterocycles. The lowest BCUT2D eigenvalue weighted by Crippen LogP contribution is -2.35. The van der Waals surface area contributed by atoms with E-state index < -0.39 is 0 Å². The van der Waals surface area contributed by atoms with Crippen LogP contribution in [0.15, 0.2) is 60.0 Å². The Bertz CT molecular complexity index is 514. The summed E-state index contributed by atoms with van der Waals surface area (Å²) >= 11 is 3.53. The van der Waals surface area contributed by atoms with Gasteiger partial charge in [-0.05, 0) is 75.0 Å². The van der Waals surface area contributed by atoms with E-state index in [1.165, 1.54) is 41.8 Å². The Morgan fingerprint density at radius 3 is 2.11 bits per heavy atom. The van der Waals surface area contributed by atoms with Crippen LogP contribution in [0.4, 0.5) is 0 Å². The Balaban J connectivity index is 0. The van der Waals surface area contributed by atoms with Crippen molar-refractivity contribution in [2.45, 2.75) is 72.8 Å². The number of allylic oxidation sites excluding steroid dienone is 6. The van der Waals surface area contributed by atoms with Crippen LogP contribution < -0.4 is 0 Å². The van der Waals surface area contributed by atoms with Crippen molar-refractivity contribution in [1.82, 2.24) is 4.90 Å². The second kappa shape index (κ2) is 16.9. The molecule has 0 aromatic heterocycles. The molecule has 0 fully saturated rings. The zero-order valence-electron chi connectivity index (χ0n) is 18.8. The number of thiol groups is 1. The highest BCUT2D eigenvalue weighted by Gasteiger charge is 2.26. The number of aliphatic hydroxyl groups is 1. The van der Waals surface area contributed by atoms with E-state index in [-0.39, 0.29) is 0 Å². The van der Waals surface area contributed by atoms with Gasteiger partial charge in [-0.2, -0.15) is 12.6 Å². The van der Waals surface area contributed by atoms with E-state index in [0.29, 0.717) is 12.0 Å². The van der Waals surface area contributed by atoms with Gasteiger partial charge in [-0.25, -0.2) is 0 Å². The summed E-state index contributed by atoms with van der Waals surface area (Å²) in [6.07, 6.45) is 15.9. The predicted molar refractivity (Wildman–Crippen MR) is 127 cm³/mol. The largest absolute Gasteiger partial charge is 0.400 e. The molecule has 1 rings (SSSR count). The third kappa shape index (κ3) is 9.03. The van der Waals surface area contributed by atoms with Gasteiger partial charge < -0.3 is 10.0 Å². The molecule has 1 N–H and O–H groups in total. The van der Waals surface area contributed by atoms with E-state index in [2.05, 4.69) is 77.5 Å². The molecule has 0 amide bonds. The predicted octanol–water partition coefficient (Wildman–Crippen LogP) is 6.93. The van der Waals surface area contributed by atoms with E-state index in [0.717, 1.165) is 20.0 Å². The van der Waals surface area contributed by atoms with E-state index in [4.69, 9.17) is 5.11 Å². The van der Waals surface area contributed by atoms with Crippen LogP contribution in [-0.4, -0.2) is 29.4 Å². The van der Waals surface area contributed by atoms with Gasteiger partial charge in [0.1, 0.15) is 0 Å². The van der Waals surface area contributed by atoms with Gasteiger partial charge in [0.25, 0.3) is 0 Å². The van der Waals surface area contributed by atoms with Crippen molar-refractivity contribution in [3.05, 3.63) is 60.0 Å². The molecule has 0 spiro atoms. The van der Waals surface area contributed by atoms with Crippen molar-refractivity contribution in [2.75, 3.05) is 13.4 Å². The Morgan fingerprint density at radius 2 is 1.70 bits per heavy atom. The van der Waals surface area contributed by atoms with E-state index in [9.17, 15) is 0 Å². The van der Waals surface area contributed by atoms with Gasteiger partial charge in [0.2, 0.25) is 0 Å². The molecule has 0 aromatic rings. The van der Waals surface area contributed by atoms with Crippen molar-refractivity contribution < 1.29 is 5.11 Å². The molecule has 0 aromatic carbocycles. The van der Waals surface area contributed by atoms with E-state index in [1.54, 1.807) is 6.26 Å². The summed E-state index contributed by atoms with van der Waals surface area (Å²) in [5.41, 5.74) is 5.40. The number of aliphatic hydroxyl groups excluding tert-OH is 1. The second-order valence-electron chi connectivity index (χ2n) is 6.93. The number of hydrogen-bond donors (Lipinski definition) is 2. The first kappa shape index (κ1) is 28.0. The van der Waals surface area contributed by atoms with E-state index in [1.807, 2.05) is 12.2 Å². The Kier molecular flexibility index (Phi) is 17.6. The second-order valence-corrected chi connectivity index (χ2v) is 6.93. The van der Waals surface area contributed by atoms with Crippen LogP contribution in [-0.2, 0) is 0 Å². The summed E-state index contributed by atoms with van der Waals surface area (Å²) in [7, 11) is 1.00. The van der Waals surface area contributed by atoms with Crippen molar-refractivity contribution in [2.24, 2.45) is 5.92 Å². The van der Waals surface area contributed by atoms with Gasteiger partial charge in [-0.1, -0.05) is 52.5 Å². The topological polar surface area (TPSA) is 23.5 Å². The molecule has 0 radical (unpaired) electrons. The first-order chi connectivity index (χ1) is 13.0. The lowest BCUT2D eigenvalue weighted by atomic mass is 9.96. The summed E-state index contributed by atoms with van der Waals surface area (Å²) in [4.78, 5) is 2.55. The van der Waals surface area contributed by atoms with Crippen LogP contribution in [0, 0.1) is 5.92 Å². The van der Waals surface area contributed by atoms with Crippen LogP contribution in [0.5, 0.6) is 0 Å². The van der Waals surface area contributed by atoms with Crippen LogP contribution >= 0.6 is 12.6 Å². The molecule has 0 aliphatic carbocycles. The molecule has 156 valence electrons. The van der Waals surface area contributed by atoms with Crippen LogP contribution in [0.1, 0.15) is 66.7 Å². The highest BCUT2D eigenvalue weighted by molar-refractivity contribution is 7.79. The SMILES string of the molecule is C=CC1=C(/C=C\C)N(C(CCC)CC(C)C)C(C=C)=C(C)CC1.CO.CS. The first-order valence-electron chi connectivity index (χ1n) is 9.99. The fourth-order valence-electron chi connectivity index (χ4n) is 3.52. The fraction of sp³-hybridized carbons (Fsp3) is 0.583. The molecule has 0 bridgehead atoms. The summed E-state index contributed by atoms with van der Waals surface area (Å²) in [6.45, 7) is 19.5. The minimum Gasteiger partial charge on any atom is -0.400 e. The van der Waals surface area contributed by atoms with Crippen LogP contribution in [0.25, 0.3) is 0 Å². The highest BCUT2D eigenvalue weighted by atomic mass is 32.1. The maximum Gasteiger partial charge on any atom is 0.0442 e. The molecule has 27 heavy (non-hydrogen) atoms. The minimum absolute atomic E-state index is 0.516. The maximum atomic E-state index is 7.00. The van der Waals surface area contributed by atoms with Crippen LogP contribution in [0.2, 0.25) is 0 Å². The molecule has 1 atom stereocenters. The van der Waals surface area contributed by atoms with Gasteiger partial charge in [0.15, 0.2) is 0 Å². The number of hydrogen-bond acceptors (Lipinski definition) is 3. The highest BCUT2D eigenvalue weighted by Crippen LogP contribution is 2.35. The standard InChI is InChI=1S/C22H35N.CH4O.CH4S/c1-8-12-20(16-17(5)6)23-21(11-4)18(7)14-15-19(10-3)22(23)13-9-2;2*1-2/h9-11,13,17,20H,3-4,8,12,14-16H2,1-2,5-7H3;2*2H,1H3/b13-9-;;. The van der Waals surface area contributed by atoms with Crippen molar-refractivity contribution in [3.8, 4) is 0 Å². The van der Waals surface area contributed by atoms with Gasteiger partial charge in [0.05, 0.1) is 0 Å². The maximum absolute atomic E-state index is 7.00. The molecule has 1 aliphatic heterocycles. The number of nitrogens with zero attached hydrogens (tertiary/aromatic N) is 1. The quantitative estimate of drug-likeness (QED) is 0.437. The van der Waals surface area contributed by atoms with E-state index >= 15 is 0 Å². The first-order valence-corrected chi connectivity index (χ1v) is 10.9. The molecule has 1 aliphatic rings.